The third-order valence-corrected chi connectivity index (χ3v) is 5.03. The molecular weight excluding hydrogens is 396 g/mol. The van der Waals surface area contributed by atoms with Crippen molar-refractivity contribution in [3.8, 4) is 11.4 Å². The molecule has 10 heteroatoms. The number of hydrogen-bond donors (Lipinski definition) is 1. The third-order valence-electron chi connectivity index (χ3n) is 4.13. The van der Waals surface area contributed by atoms with Crippen molar-refractivity contribution in [2.45, 2.75) is 10.9 Å². The molecule has 0 fully saturated rings. The first kappa shape index (κ1) is 18.8. The highest BCUT2D eigenvalue weighted by Crippen LogP contribution is 2.23. The van der Waals surface area contributed by atoms with E-state index >= 15 is 0 Å². The first-order valence-electron chi connectivity index (χ1n) is 8.51. The van der Waals surface area contributed by atoms with Crippen LogP contribution in [0.25, 0.3) is 16.7 Å². The molecule has 0 saturated heterocycles. The van der Waals surface area contributed by atoms with Gasteiger partial charge in [0.15, 0.2) is 10.8 Å². The van der Waals surface area contributed by atoms with E-state index in [4.69, 9.17) is 9.15 Å². The molecule has 0 spiro atoms. The molecule has 0 aliphatic rings. The van der Waals surface area contributed by atoms with E-state index in [1.54, 1.807) is 23.9 Å². The van der Waals surface area contributed by atoms with Crippen molar-refractivity contribution >= 4 is 28.8 Å². The van der Waals surface area contributed by atoms with Gasteiger partial charge in [-0.1, -0.05) is 11.8 Å². The Morgan fingerprint density at radius 1 is 1.21 bits per heavy atom. The third kappa shape index (κ3) is 3.74. The van der Waals surface area contributed by atoms with Crippen LogP contribution in [0.2, 0.25) is 0 Å². The van der Waals surface area contributed by atoms with Crippen LogP contribution >= 0.6 is 11.8 Å². The Bertz CT molecular complexity index is 1230. The Kier molecular flexibility index (Phi) is 5.09. The number of furan rings is 1. The Balaban J connectivity index is 1.61. The maximum absolute atomic E-state index is 12.4. The zero-order valence-corrected chi connectivity index (χ0v) is 16.4. The van der Waals surface area contributed by atoms with E-state index in [1.807, 2.05) is 24.3 Å². The van der Waals surface area contributed by atoms with E-state index in [1.165, 1.54) is 25.1 Å². The fourth-order valence-electron chi connectivity index (χ4n) is 2.68. The van der Waals surface area contributed by atoms with Gasteiger partial charge in [0.05, 0.1) is 31.9 Å². The molecule has 29 heavy (non-hydrogen) atoms. The molecule has 0 radical (unpaired) electrons. The van der Waals surface area contributed by atoms with Crippen molar-refractivity contribution < 1.29 is 18.7 Å². The normalized spacial score (nSPS) is 11.0. The smallest absolute Gasteiger partial charge is 0.373 e. The van der Waals surface area contributed by atoms with Crippen molar-refractivity contribution in [3.05, 3.63) is 64.5 Å². The molecule has 0 aliphatic heterocycles. The van der Waals surface area contributed by atoms with Crippen LogP contribution in [0.1, 0.15) is 16.3 Å². The van der Waals surface area contributed by atoms with Crippen molar-refractivity contribution in [1.29, 1.82) is 0 Å². The van der Waals surface area contributed by atoms with Gasteiger partial charge in [-0.2, -0.15) is 5.10 Å². The summed E-state index contributed by atoms with van der Waals surface area (Å²) in [6.07, 6.45) is 1.48. The van der Waals surface area contributed by atoms with Gasteiger partial charge in [0.2, 0.25) is 5.76 Å². The van der Waals surface area contributed by atoms with E-state index in [0.29, 0.717) is 27.7 Å². The molecular formula is C19H16N4O5S. The standard InChI is InChI=1S/C19H16N4O5S/c1-26-12-5-3-11(4-6-12)23-16-14(9-20-23)17(24)22-19(21-16)29-10-13-7-8-15(28-13)18(25)27-2/h3-9H,10H2,1-2H3,(H,21,22,24). The lowest BCUT2D eigenvalue weighted by atomic mass is 10.3. The minimum absolute atomic E-state index is 0.123. The van der Waals surface area contributed by atoms with Crippen LogP contribution in [-0.4, -0.2) is 39.9 Å². The number of hydrogen-bond acceptors (Lipinski definition) is 8. The number of esters is 1. The van der Waals surface area contributed by atoms with Gasteiger partial charge in [0.1, 0.15) is 16.9 Å². The number of carbonyl (C=O) groups is 1. The molecule has 0 saturated carbocycles. The summed E-state index contributed by atoms with van der Waals surface area (Å²) in [6, 6.07) is 10.5. The Hall–Kier alpha value is -3.53. The van der Waals surface area contributed by atoms with E-state index in [0.717, 1.165) is 11.4 Å². The lowest BCUT2D eigenvalue weighted by Crippen LogP contribution is -2.09. The molecule has 0 atom stereocenters. The van der Waals surface area contributed by atoms with Gasteiger partial charge in [0, 0.05) is 0 Å². The average molecular weight is 412 g/mol. The van der Waals surface area contributed by atoms with Crippen LogP contribution in [0.3, 0.4) is 0 Å². The summed E-state index contributed by atoms with van der Waals surface area (Å²) in [6.45, 7) is 0. The number of H-pyrrole nitrogens is 1. The molecule has 1 N–H and O–H groups in total. The number of methoxy groups -OCH3 is 2. The predicted octanol–water partition coefficient (Wildman–Crippen LogP) is 2.79. The van der Waals surface area contributed by atoms with E-state index in [-0.39, 0.29) is 11.3 Å². The van der Waals surface area contributed by atoms with Crippen LogP contribution < -0.4 is 10.3 Å². The summed E-state index contributed by atoms with van der Waals surface area (Å²) >= 11 is 1.27. The number of carbonyl (C=O) groups excluding carboxylic acids is 1. The minimum atomic E-state index is -0.544. The maximum atomic E-state index is 12.4. The number of fused-ring (bicyclic) bond motifs is 1. The molecule has 0 aliphatic carbocycles. The summed E-state index contributed by atoms with van der Waals surface area (Å²) < 4.78 is 16.8. The van der Waals surface area contributed by atoms with Gasteiger partial charge in [-0.15, -0.1) is 0 Å². The number of aromatic nitrogens is 4. The number of rotatable bonds is 6. The van der Waals surface area contributed by atoms with Crippen LogP contribution in [-0.2, 0) is 10.5 Å². The largest absolute Gasteiger partial charge is 0.497 e. The predicted molar refractivity (Wildman–Crippen MR) is 106 cm³/mol. The van der Waals surface area contributed by atoms with Crippen molar-refractivity contribution in [3.63, 3.8) is 0 Å². The highest BCUT2D eigenvalue weighted by molar-refractivity contribution is 7.98. The van der Waals surface area contributed by atoms with Gasteiger partial charge < -0.3 is 18.9 Å². The molecule has 0 bridgehead atoms. The lowest BCUT2D eigenvalue weighted by Gasteiger charge is -2.05. The van der Waals surface area contributed by atoms with Crippen molar-refractivity contribution in [2.75, 3.05) is 14.2 Å². The van der Waals surface area contributed by atoms with Crippen LogP contribution in [0.4, 0.5) is 0 Å². The molecule has 0 amide bonds. The fourth-order valence-corrected chi connectivity index (χ4v) is 3.43. The second kappa shape index (κ2) is 7.84. The molecule has 3 aromatic heterocycles. The first-order valence-corrected chi connectivity index (χ1v) is 9.50. The molecule has 148 valence electrons. The lowest BCUT2D eigenvalue weighted by molar-refractivity contribution is 0.0563. The number of ether oxygens (including phenoxy) is 2. The summed E-state index contributed by atoms with van der Waals surface area (Å²) in [5.74, 6) is 1.23. The Morgan fingerprint density at radius 2 is 2.00 bits per heavy atom. The number of nitrogens with one attached hydrogen (secondary N) is 1. The minimum Gasteiger partial charge on any atom is -0.497 e. The van der Waals surface area contributed by atoms with Gasteiger partial charge in [-0.05, 0) is 36.4 Å². The molecule has 1 aromatic carbocycles. The summed E-state index contributed by atoms with van der Waals surface area (Å²) in [5, 5.41) is 5.08. The quantitative estimate of drug-likeness (QED) is 0.292. The highest BCUT2D eigenvalue weighted by Gasteiger charge is 2.14. The molecule has 0 unspecified atom stereocenters. The monoisotopic (exact) mass is 412 g/mol. The molecule has 9 nitrogen and oxygen atoms in total. The SMILES string of the molecule is COC(=O)c1ccc(CSc2nc3c(cnn3-c3ccc(OC)cc3)c(=O)[nH]2)o1. The zero-order valence-electron chi connectivity index (χ0n) is 15.5. The Labute approximate surface area is 168 Å². The van der Waals surface area contributed by atoms with E-state index < -0.39 is 5.97 Å². The average Bonchev–Trinajstić information content (AvgIpc) is 3.39. The fraction of sp³-hybridized carbons (Fsp3) is 0.158. The zero-order chi connectivity index (χ0) is 20.4. The number of aromatic amines is 1. The number of nitrogens with zero attached hydrogens (tertiary/aromatic N) is 3. The highest BCUT2D eigenvalue weighted by atomic mass is 32.2. The van der Waals surface area contributed by atoms with Gasteiger partial charge in [0.25, 0.3) is 5.56 Å². The van der Waals surface area contributed by atoms with Gasteiger partial charge in [-0.25, -0.2) is 14.5 Å². The van der Waals surface area contributed by atoms with Crippen molar-refractivity contribution in [1.82, 2.24) is 19.7 Å². The molecule has 3 heterocycles. The topological polar surface area (TPSA) is 112 Å². The van der Waals surface area contributed by atoms with Gasteiger partial charge >= 0.3 is 5.97 Å². The summed E-state index contributed by atoms with van der Waals surface area (Å²) in [4.78, 5) is 31.2. The van der Waals surface area contributed by atoms with E-state index in [9.17, 15) is 9.59 Å². The number of thioether (sulfide) groups is 1. The second-order valence-corrected chi connectivity index (χ2v) is 6.87. The summed E-state index contributed by atoms with van der Waals surface area (Å²) in [7, 11) is 2.88. The second-order valence-electron chi connectivity index (χ2n) is 5.91. The van der Waals surface area contributed by atoms with Crippen LogP contribution in [0.5, 0.6) is 5.75 Å². The summed E-state index contributed by atoms with van der Waals surface area (Å²) in [5.41, 5.74) is 0.909. The first-order chi connectivity index (χ1) is 14.1. The van der Waals surface area contributed by atoms with E-state index in [2.05, 4.69) is 19.8 Å². The van der Waals surface area contributed by atoms with Crippen LogP contribution in [0, 0.1) is 0 Å². The Morgan fingerprint density at radius 3 is 2.72 bits per heavy atom. The van der Waals surface area contributed by atoms with Crippen LogP contribution in [0.15, 0.2) is 57.0 Å². The molecule has 4 aromatic rings. The van der Waals surface area contributed by atoms with Crippen molar-refractivity contribution in [2.24, 2.45) is 0 Å². The van der Waals surface area contributed by atoms with Gasteiger partial charge in [-0.3, -0.25) is 4.79 Å². The maximum Gasteiger partial charge on any atom is 0.373 e. The molecule has 4 rings (SSSR count). The number of benzene rings is 1.